The highest BCUT2D eigenvalue weighted by Gasteiger charge is 2.19. The lowest BCUT2D eigenvalue weighted by Gasteiger charge is -2.35. The molecule has 7 heteroatoms. The maximum Gasteiger partial charge on any atom is 0.221 e. The number of amides is 1. The second kappa shape index (κ2) is 9.34. The fraction of sp³-hybridized carbons (Fsp3) is 0.231. The molecule has 0 bridgehead atoms. The van der Waals surface area contributed by atoms with Crippen LogP contribution in [0, 0.1) is 0 Å². The Bertz CT molecular complexity index is 1250. The van der Waals surface area contributed by atoms with E-state index in [0.717, 1.165) is 66.4 Å². The molecule has 0 unspecified atom stereocenters. The smallest absolute Gasteiger partial charge is 0.221 e. The van der Waals surface area contributed by atoms with Crippen LogP contribution in [0.5, 0.6) is 0 Å². The summed E-state index contributed by atoms with van der Waals surface area (Å²) in [6.07, 6.45) is 5.62. The van der Waals surface area contributed by atoms with E-state index in [9.17, 15) is 4.79 Å². The van der Waals surface area contributed by atoms with E-state index in [1.165, 1.54) is 12.5 Å². The predicted octanol–water partition coefficient (Wildman–Crippen LogP) is 3.97. The summed E-state index contributed by atoms with van der Waals surface area (Å²) in [4.78, 5) is 29.8. The van der Waals surface area contributed by atoms with Gasteiger partial charge in [0.15, 0.2) is 0 Å². The van der Waals surface area contributed by atoms with Crippen LogP contribution in [0.2, 0.25) is 0 Å². The lowest BCUT2D eigenvalue weighted by molar-refractivity contribution is -0.114. The summed E-state index contributed by atoms with van der Waals surface area (Å²) in [5.41, 5.74) is 5.94. The first-order chi connectivity index (χ1) is 16.1. The van der Waals surface area contributed by atoms with Gasteiger partial charge in [-0.05, 0) is 47.0 Å². The number of fused-ring (bicyclic) bond motifs is 1. The molecule has 0 radical (unpaired) electrons. The standard InChI is InChI=1S/C26H26N6O/c1-19(33)29-23-7-4-21(5-8-23)22-6-9-24-25(15-22)30-26(17-28-24)32-13-11-31(12-14-32)18-20-3-2-10-27-16-20/h2-10,15-17H,11-14,18H2,1H3,(H,29,33). The van der Waals surface area contributed by atoms with Gasteiger partial charge < -0.3 is 10.2 Å². The van der Waals surface area contributed by atoms with Gasteiger partial charge in [0.25, 0.3) is 0 Å². The number of carbonyl (C=O) groups excluding carboxylic acids is 1. The number of hydrogen-bond acceptors (Lipinski definition) is 6. The van der Waals surface area contributed by atoms with Crippen molar-refractivity contribution in [2.75, 3.05) is 36.4 Å². The molecule has 4 aromatic rings. The third kappa shape index (κ3) is 4.99. The molecule has 33 heavy (non-hydrogen) atoms. The minimum atomic E-state index is -0.0748. The van der Waals surface area contributed by atoms with E-state index in [0.29, 0.717) is 0 Å². The van der Waals surface area contributed by atoms with Crippen LogP contribution in [-0.4, -0.2) is 51.9 Å². The van der Waals surface area contributed by atoms with Crippen LogP contribution in [0.1, 0.15) is 12.5 Å². The molecule has 7 nitrogen and oxygen atoms in total. The minimum Gasteiger partial charge on any atom is -0.353 e. The molecule has 2 aromatic carbocycles. The Kier molecular flexibility index (Phi) is 5.95. The lowest BCUT2D eigenvalue weighted by Crippen LogP contribution is -2.46. The van der Waals surface area contributed by atoms with Crippen molar-refractivity contribution < 1.29 is 4.79 Å². The molecule has 0 aliphatic carbocycles. The van der Waals surface area contributed by atoms with Crippen molar-refractivity contribution in [1.82, 2.24) is 19.9 Å². The quantitative estimate of drug-likeness (QED) is 0.508. The second-order valence-electron chi connectivity index (χ2n) is 8.31. The van der Waals surface area contributed by atoms with Crippen LogP contribution in [-0.2, 0) is 11.3 Å². The van der Waals surface area contributed by atoms with E-state index < -0.39 is 0 Å². The molecule has 166 valence electrons. The summed E-state index contributed by atoms with van der Waals surface area (Å²) in [6, 6.07) is 18.1. The molecule has 1 fully saturated rings. The van der Waals surface area contributed by atoms with Gasteiger partial charge in [-0.25, -0.2) is 4.98 Å². The number of rotatable bonds is 5. The summed E-state index contributed by atoms with van der Waals surface area (Å²) in [5, 5.41) is 2.80. The molecule has 1 aliphatic heterocycles. The zero-order valence-electron chi connectivity index (χ0n) is 18.6. The summed E-state index contributed by atoms with van der Waals surface area (Å²) in [7, 11) is 0. The summed E-state index contributed by atoms with van der Waals surface area (Å²) in [5.74, 6) is 0.843. The molecule has 2 aromatic heterocycles. The number of pyridine rings is 1. The molecule has 1 saturated heterocycles. The zero-order chi connectivity index (χ0) is 22.6. The Labute approximate surface area is 193 Å². The largest absolute Gasteiger partial charge is 0.353 e. The summed E-state index contributed by atoms with van der Waals surface area (Å²) >= 11 is 0. The molecule has 3 heterocycles. The topological polar surface area (TPSA) is 74.2 Å². The lowest BCUT2D eigenvalue weighted by atomic mass is 10.0. The fourth-order valence-electron chi connectivity index (χ4n) is 4.17. The molecule has 0 spiro atoms. The third-order valence-corrected chi connectivity index (χ3v) is 5.89. The third-order valence-electron chi connectivity index (χ3n) is 5.89. The number of nitrogens with zero attached hydrogens (tertiary/aromatic N) is 5. The monoisotopic (exact) mass is 438 g/mol. The predicted molar refractivity (Wildman–Crippen MR) is 131 cm³/mol. The van der Waals surface area contributed by atoms with Crippen molar-refractivity contribution in [2.45, 2.75) is 13.5 Å². The molecule has 0 saturated carbocycles. The highest BCUT2D eigenvalue weighted by Crippen LogP contribution is 2.26. The zero-order valence-corrected chi connectivity index (χ0v) is 18.6. The Balaban J connectivity index is 1.29. The van der Waals surface area contributed by atoms with Crippen molar-refractivity contribution in [2.24, 2.45) is 0 Å². The van der Waals surface area contributed by atoms with Gasteiger partial charge in [0.1, 0.15) is 5.82 Å². The van der Waals surface area contributed by atoms with Gasteiger partial charge in [-0.2, -0.15) is 0 Å². The molecule has 5 rings (SSSR count). The Morgan fingerprint density at radius 3 is 2.45 bits per heavy atom. The normalized spacial score (nSPS) is 14.4. The number of anilines is 2. The first-order valence-electron chi connectivity index (χ1n) is 11.1. The van der Waals surface area contributed by atoms with E-state index in [-0.39, 0.29) is 5.91 Å². The van der Waals surface area contributed by atoms with Crippen molar-refractivity contribution in [3.63, 3.8) is 0 Å². The Morgan fingerprint density at radius 2 is 1.73 bits per heavy atom. The first-order valence-corrected chi connectivity index (χ1v) is 11.1. The Morgan fingerprint density at radius 1 is 0.939 bits per heavy atom. The van der Waals surface area contributed by atoms with Crippen LogP contribution in [0.4, 0.5) is 11.5 Å². The molecule has 0 atom stereocenters. The fourth-order valence-corrected chi connectivity index (χ4v) is 4.17. The van der Waals surface area contributed by atoms with Gasteiger partial charge in [0.2, 0.25) is 5.91 Å². The Hall–Kier alpha value is -3.84. The summed E-state index contributed by atoms with van der Waals surface area (Å²) in [6.45, 7) is 6.24. The van der Waals surface area contributed by atoms with Gasteiger partial charge in [-0.3, -0.25) is 19.7 Å². The van der Waals surface area contributed by atoms with E-state index in [2.05, 4.69) is 43.3 Å². The van der Waals surface area contributed by atoms with Crippen LogP contribution < -0.4 is 10.2 Å². The van der Waals surface area contributed by atoms with Crippen LogP contribution in [0.3, 0.4) is 0 Å². The van der Waals surface area contributed by atoms with Crippen molar-refractivity contribution in [1.29, 1.82) is 0 Å². The number of aromatic nitrogens is 3. The van der Waals surface area contributed by atoms with E-state index >= 15 is 0 Å². The van der Waals surface area contributed by atoms with Crippen LogP contribution in [0.15, 0.2) is 73.2 Å². The highest BCUT2D eigenvalue weighted by molar-refractivity contribution is 5.89. The maximum absolute atomic E-state index is 11.2. The van der Waals surface area contributed by atoms with Gasteiger partial charge in [0, 0.05) is 57.7 Å². The number of carbonyl (C=O) groups is 1. The number of hydrogen-bond donors (Lipinski definition) is 1. The average Bonchev–Trinajstić information content (AvgIpc) is 2.85. The van der Waals surface area contributed by atoms with E-state index in [1.807, 2.05) is 55.0 Å². The number of benzene rings is 2. The highest BCUT2D eigenvalue weighted by atomic mass is 16.1. The van der Waals surface area contributed by atoms with Crippen molar-refractivity contribution in [3.05, 3.63) is 78.8 Å². The van der Waals surface area contributed by atoms with Crippen LogP contribution in [0.25, 0.3) is 22.2 Å². The molecule has 1 amide bonds. The number of piperazine rings is 1. The van der Waals surface area contributed by atoms with Gasteiger partial charge >= 0.3 is 0 Å². The number of nitrogens with one attached hydrogen (secondary N) is 1. The molecular weight excluding hydrogens is 412 g/mol. The van der Waals surface area contributed by atoms with Crippen molar-refractivity contribution in [3.8, 4) is 11.1 Å². The van der Waals surface area contributed by atoms with Gasteiger partial charge in [0.05, 0.1) is 17.2 Å². The second-order valence-corrected chi connectivity index (χ2v) is 8.31. The molecule has 1 N–H and O–H groups in total. The van der Waals surface area contributed by atoms with Gasteiger partial charge in [-0.15, -0.1) is 0 Å². The van der Waals surface area contributed by atoms with E-state index in [1.54, 1.807) is 0 Å². The van der Waals surface area contributed by atoms with Crippen molar-refractivity contribution >= 4 is 28.4 Å². The first kappa shape index (κ1) is 21.0. The van der Waals surface area contributed by atoms with Gasteiger partial charge in [-0.1, -0.05) is 24.3 Å². The molecular formula is C26H26N6O. The molecule has 1 aliphatic rings. The maximum atomic E-state index is 11.2. The average molecular weight is 439 g/mol. The van der Waals surface area contributed by atoms with Crippen LogP contribution >= 0.6 is 0 Å². The SMILES string of the molecule is CC(=O)Nc1ccc(-c2ccc3ncc(N4CCN(Cc5cccnc5)CC4)nc3c2)cc1. The summed E-state index contributed by atoms with van der Waals surface area (Å²) < 4.78 is 0. The van der Waals surface area contributed by atoms with E-state index in [4.69, 9.17) is 4.98 Å². The minimum absolute atomic E-state index is 0.0748.